The van der Waals surface area contributed by atoms with Crippen LogP contribution in [0.1, 0.15) is 22.3 Å². The summed E-state index contributed by atoms with van der Waals surface area (Å²) in [6.07, 6.45) is 0. The average Bonchev–Trinajstić information content (AvgIpc) is 3.98. The molecule has 2 heterocycles. The first-order chi connectivity index (χ1) is 30.7. The van der Waals surface area contributed by atoms with Gasteiger partial charge in [-0.3, -0.25) is 0 Å². The predicted octanol–water partition coefficient (Wildman–Crippen LogP) is 14.9. The number of hydrogen-bond donors (Lipinski definition) is 0. The van der Waals surface area contributed by atoms with Crippen molar-refractivity contribution in [2.24, 2.45) is 0 Å². The minimum Gasteiger partial charge on any atom is -0.208 e. The molecule has 3 nitrogen and oxygen atoms in total. The number of hydrogen-bond acceptors (Lipinski definition) is 4. The second kappa shape index (κ2) is 13.6. The molecule has 9 aromatic carbocycles. The third-order valence-corrected chi connectivity index (χ3v) is 14.2. The minimum atomic E-state index is -0.451. The van der Waals surface area contributed by atoms with Crippen LogP contribution in [-0.4, -0.2) is 15.0 Å². The summed E-state index contributed by atoms with van der Waals surface area (Å²) in [6.45, 7) is 0. The lowest BCUT2D eigenvalue weighted by Gasteiger charge is -2.30. The molecule has 0 fully saturated rings. The van der Waals surface area contributed by atoms with Crippen molar-refractivity contribution in [2.75, 3.05) is 0 Å². The standard InChI is InChI=1S/C58H35N3S/c1-2-13-39(14-3-1)55-59-56(40-31-27-37(28-32-40)36-25-29-38(30-26-36)42-19-12-20-48-47-18-7-11-24-53(47)62-54(42)48)61-57(60-55)41-33-34-46-45-17-6-10-23-51(45)58(52(46)35-41)49-21-8-4-15-43(49)44-16-5-9-22-50(44)58/h1-35H. The van der Waals surface area contributed by atoms with E-state index in [0.29, 0.717) is 17.5 Å². The van der Waals surface area contributed by atoms with Crippen molar-refractivity contribution in [3.05, 3.63) is 235 Å². The highest BCUT2D eigenvalue weighted by molar-refractivity contribution is 7.26. The molecule has 4 heteroatoms. The van der Waals surface area contributed by atoms with Crippen LogP contribution in [0.3, 0.4) is 0 Å². The van der Waals surface area contributed by atoms with Crippen molar-refractivity contribution in [1.29, 1.82) is 0 Å². The minimum absolute atomic E-state index is 0.451. The van der Waals surface area contributed by atoms with E-state index in [1.165, 1.54) is 75.8 Å². The van der Waals surface area contributed by atoms with Crippen LogP contribution in [0.2, 0.25) is 0 Å². The van der Waals surface area contributed by atoms with Gasteiger partial charge in [-0.25, -0.2) is 15.0 Å². The van der Waals surface area contributed by atoms with E-state index >= 15 is 0 Å². The zero-order valence-electron chi connectivity index (χ0n) is 33.5. The second-order valence-corrected chi connectivity index (χ2v) is 17.3. The van der Waals surface area contributed by atoms with E-state index in [2.05, 4.69) is 194 Å². The highest BCUT2D eigenvalue weighted by Crippen LogP contribution is 2.63. The summed E-state index contributed by atoms with van der Waals surface area (Å²) in [5, 5.41) is 2.64. The molecule has 0 N–H and O–H groups in total. The third-order valence-electron chi connectivity index (χ3n) is 13.0. The Bertz CT molecular complexity index is 3500. The van der Waals surface area contributed by atoms with Crippen molar-refractivity contribution in [3.8, 4) is 78.7 Å². The van der Waals surface area contributed by atoms with Gasteiger partial charge in [-0.2, -0.15) is 0 Å². The van der Waals surface area contributed by atoms with E-state index in [4.69, 9.17) is 15.0 Å². The number of thiophene rings is 1. The molecule has 0 atom stereocenters. The maximum atomic E-state index is 5.24. The van der Waals surface area contributed by atoms with Crippen molar-refractivity contribution in [3.63, 3.8) is 0 Å². The van der Waals surface area contributed by atoms with E-state index in [1.807, 2.05) is 29.5 Å². The summed E-state index contributed by atoms with van der Waals surface area (Å²) in [6, 6.07) is 76.7. The Morgan fingerprint density at radius 1 is 0.290 bits per heavy atom. The summed E-state index contributed by atoms with van der Waals surface area (Å²) in [7, 11) is 0. The number of rotatable bonds is 5. The Morgan fingerprint density at radius 2 is 0.726 bits per heavy atom. The molecule has 62 heavy (non-hydrogen) atoms. The Morgan fingerprint density at radius 3 is 1.35 bits per heavy atom. The molecule has 0 saturated carbocycles. The van der Waals surface area contributed by atoms with E-state index in [1.54, 1.807) is 0 Å². The van der Waals surface area contributed by atoms with Gasteiger partial charge in [0.15, 0.2) is 17.5 Å². The molecule has 11 aromatic rings. The molecule has 0 aliphatic heterocycles. The molecule has 2 aliphatic carbocycles. The highest BCUT2D eigenvalue weighted by Gasteiger charge is 2.51. The molecule has 2 aliphatic rings. The molecule has 13 rings (SSSR count). The summed E-state index contributed by atoms with van der Waals surface area (Å²) >= 11 is 1.87. The van der Waals surface area contributed by atoms with Gasteiger partial charge in [0.25, 0.3) is 0 Å². The molecule has 0 radical (unpaired) electrons. The maximum Gasteiger partial charge on any atom is 0.164 e. The van der Waals surface area contributed by atoms with Crippen molar-refractivity contribution >= 4 is 31.5 Å². The van der Waals surface area contributed by atoms with Gasteiger partial charge in [-0.15, -0.1) is 11.3 Å². The van der Waals surface area contributed by atoms with Gasteiger partial charge < -0.3 is 0 Å². The highest BCUT2D eigenvalue weighted by atomic mass is 32.1. The lowest BCUT2D eigenvalue weighted by Crippen LogP contribution is -2.25. The number of fused-ring (bicyclic) bond motifs is 13. The molecule has 288 valence electrons. The van der Waals surface area contributed by atoms with Crippen LogP contribution in [0, 0.1) is 0 Å². The fraction of sp³-hybridized carbons (Fsp3) is 0.0172. The van der Waals surface area contributed by atoms with Crippen molar-refractivity contribution in [1.82, 2.24) is 15.0 Å². The van der Waals surface area contributed by atoms with E-state index in [-0.39, 0.29) is 0 Å². The molecule has 0 bridgehead atoms. The molecule has 1 spiro atoms. The lowest BCUT2D eigenvalue weighted by atomic mass is 9.70. The van der Waals surface area contributed by atoms with Gasteiger partial charge in [0, 0.05) is 36.9 Å². The smallest absolute Gasteiger partial charge is 0.164 e. The Balaban J connectivity index is 0.901. The van der Waals surface area contributed by atoms with Crippen molar-refractivity contribution in [2.45, 2.75) is 5.41 Å². The monoisotopic (exact) mass is 805 g/mol. The van der Waals surface area contributed by atoms with Crippen LogP contribution >= 0.6 is 11.3 Å². The zero-order valence-corrected chi connectivity index (χ0v) is 34.3. The van der Waals surface area contributed by atoms with Crippen LogP contribution in [-0.2, 0) is 5.41 Å². The fourth-order valence-electron chi connectivity index (χ4n) is 10.2. The first-order valence-corrected chi connectivity index (χ1v) is 21.9. The zero-order chi connectivity index (χ0) is 40.8. The quantitative estimate of drug-likeness (QED) is 0.174. The number of nitrogens with zero attached hydrogens (tertiary/aromatic N) is 3. The van der Waals surface area contributed by atoms with Crippen LogP contribution in [0.4, 0.5) is 0 Å². The largest absolute Gasteiger partial charge is 0.208 e. The van der Waals surface area contributed by atoms with Gasteiger partial charge in [0.2, 0.25) is 0 Å². The molecule has 0 amide bonds. The molecular weight excluding hydrogens is 771 g/mol. The van der Waals surface area contributed by atoms with Gasteiger partial charge in [0.05, 0.1) is 5.41 Å². The lowest BCUT2D eigenvalue weighted by molar-refractivity contribution is 0.794. The predicted molar refractivity (Wildman–Crippen MR) is 256 cm³/mol. The van der Waals surface area contributed by atoms with Gasteiger partial charge in [-0.1, -0.05) is 200 Å². The summed E-state index contributed by atoms with van der Waals surface area (Å²) in [5.41, 5.74) is 17.5. The van der Waals surface area contributed by atoms with Gasteiger partial charge >= 0.3 is 0 Å². The molecular formula is C58H35N3S. The Hall–Kier alpha value is -7.79. The number of aromatic nitrogens is 3. The van der Waals surface area contributed by atoms with Gasteiger partial charge in [0.1, 0.15) is 0 Å². The summed E-state index contributed by atoms with van der Waals surface area (Å²) < 4.78 is 2.65. The average molecular weight is 806 g/mol. The first-order valence-electron chi connectivity index (χ1n) is 21.1. The first kappa shape index (κ1) is 35.0. The van der Waals surface area contributed by atoms with E-state index < -0.39 is 5.41 Å². The SMILES string of the molecule is c1ccc(-c2nc(-c3ccc(-c4ccc(-c5cccc6c5sc5ccccc56)cc4)cc3)nc(-c3ccc4c(c3)C3(c5ccccc5-c5ccccc53)c3ccccc3-4)n2)cc1. The second-order valence-electron chi connectivity index (χ2n) is 16.3. The van der Waals surface area contributed by atoms with Crippen LogP contribution in [0.25, 0.3) is 98.8 Å². The fourth-order valence-corrected chi connectivity index (χ4v) is 11.5. The summed E-state index contributed by atoms with van der Waals surface area (Å²) in [5.74, 6) is 1.94. The van der Waals surface area contributed by atoms with Crippen LogP contribution in [0.5, 0.6) is 0 Å². The number of benzene rings is 9. The van der Waals surface area contributed by atoms with Gasteiger partial charge in [-0.05, 0) is 78.9 Å². The molecule has 2 aromatic heterocycles. The van der Waals surface area contributed by atoms with Crippen molar-refractivity contribution < 1.29 is 0 Å². The Labute approximate surface area is 363 Å². The molecule has 0 unspecified atom stereocenters. The Kier molecular flexibility index (Phi) is 7.69. The molecule has 0 saturated heterocycles. The topological polar surface area (TPSA) is 38.7 Å². The van der Waals surface area contributed by atoms with Crippen LogP contribution in [0.15, 0.2) is 212 Å². The van der Waals surface area contributed by atoms with E-state index in [9.17, 15) is 0 Å². The summed E-state index contributed by atoms with van der Waals surface area (Å²) in [4.78, 5) is 15.5. The third kappa shape index (κ3) is 5.14. The van der Waals surface area contributed by atoms with E-state index in [0.717, 1.165) is 27.8 Å². The maximum absolute atomic E-state index is 5.24. The van der Waals surface area contributed by atoms with Crippen LogP contribution < -0.4 is 0 Å². The normalized spacial score (nSPS) is 13.0.